The topological polar surface area (TPSA) is 34.1 Å². The maximum Gasteiger partial charge on any atom is 0.434 e. The van der Waals surface area contributed by atoms with Gasteiger partial charge in [-0.25, -0.2) is 17.6 Å². The van der Waals surface area contributed by atoms with Crippen molar-refractivity contribution < 1.29 is 79.8 Å². The van der Waals surface area contributed by atoms with Crippen molar-refractivity contribution in [3.8, 4) is 0 Å². The fraction of sp³-hybridized carbons (Fsp3) is 0.800. The molecule has 0 bridgehead atoms. The number of hydrogen-bond acceptors (Lipinski definition) is 2. The number of ketones is 2. The molecule has 1 fully saturated rings. The monoisotopic (exact) mass is 456 g/mol. The van der Waals surface area contributed by atoms with Crippen molar-refractivity contribution in [1.29, 1.82) is 0 Å². The predicted octanol–water partition coefficient (Wildman–Crippen LogP) is 4.22. The first-order valence-electron chi connectivity index (χ1n) is 5.93. The molecule has 18 heteroatoms. The van der Waals surface area contributed by atoms with Crippen LogP contribution in [0.3, 0.4) is 0 Å². The van der Waals surface area contributed by atoms with Crippen LogP contribution in [0.5, 0.6) is 0 Å². The van der Waals surface area contributed by atoms with Crippen molar-refractivity contribution in [3.05, 3.63) is 0 Å². The summed E-state index contributed by atoms with van der Waals surface area (Å²) in [7, 11) is 0. The molecule has 0 aromatic heterocycles. The highest BCUT2D eigenvalue weighted by Gasteiger charge is 3.02. The summed E-state index contributed by atoms with van der Waals surface area (Å²) in [6.45, 7) is 0. The fourth-order valence-electron chi connectivity index (χ4n) is 2.40. The molecule has 4 atom stereocenters. The fourth-order valence-corrected chi connectivity index (χ4v) is 2.40. The van der Waals surface area contributed by atoms with Crippen molar-refractivity contribution in [2.45, 2.75) is 47.4 Å². The zero-order valence-electron chi connectivity index (χ0n) is 11.9. The van der Waals surface area contributed by atoms with Gasteiger partial charge in [0.1, 0.15) is 0 Å². The summed E-state index contributed by atoms with van der Waals surface area (Å²) in [6.07, 6.45) is -31.6. The van der Waals surface area contributed by atoms with Crippen LogP contribution in [0.2, 0.25) is 0 Å². The standard InChI is InChI=1S/C10F16O2/c11-3(7(15,16)17)1(27)4(12,8(18,19)20)6(14,10(24,25)26)2(28)5(3,13)9(21,22)23. The first-order valence-corrected chi connectivity index (χ1v) is 5.93. The molecular weight excluding hydrogens is 456 g/mol. The van der Waals surface area contributed by atoms with Crippen molar-refractivity contribution in [1.82, 2.24) is 0 Å². The summed E-state index contributed by atoms with van der Waals surface area (Å²) in [5, 5.41) is 0. The van der Waals surface area contributed by atoms with Gasteiger partial charge < -0.3 is 0 Å². The minimum absolute atomic E-state index is 5.53. The van der Waals surface area contributed by atoms with Crippen molar-refractivity contribution in [2.75, 3.05) is 0 Å². The Hall–Kier alpha value is -1.78. The number of Topliss-reactive ketones (excluding diaryl/α,β-unsaturated/α-hetero) is 2. The van der Waals surface area contributed by atoms with Crippen LogP contribution < -0.4 is 0 Å². The maximum atomic E-state index is 14.0. The molecule has 0 spiro atoms. The van der Waals surface area contributed by atoms with E-state index in [9.17, 15) is 79.8 Å². The minimum Gasteiger partial charge on any atom is -0.291 e. The summed E-state index contributed by atoms with van der Waals surface area (Å²) in [5.41, 5.74) is -31.7. The van der Waals surface area contributed by atoms with Gasteiger partial charge in [0, 0.05) is 0 Å². The number of hydrogen-bond donors (Lipinski definition) is 0. The average molecular weight is 456 g/mol. The van der Waals surface area contributed by atoms with E-state index in [1.54, 1.807) is 0 Å². The number of carbonyl (C=O) groups is 2. The molecule has 0 aliphatic heterocycles. The van der Waals surface area contributed by atoms with E-state index < -0.39 is 58.9 Å². The smallest absolute Gasteiger partial charge is 0.291 e. The molecule has 0 aromatic rings. The second kappa shape index (κ2) is 5.43. The van der Waals surface area contributed by atoms with Crippen LogP contribution in [0.1, 0.15) is 0 Å². The Balaban J connectivity index is 4.34. The second-order valence-electron chi connectivity index (χ2n) is 5.28. The Morgan fingerprint density at radius 2 is 0.500 bits per heavy atom. The highest BCUT2D eigenvalue weighted by Crippen LogP contribution is 2.66. The van der Waals surface area contributed by atoms with E-state index >= 15 is 0 Å². The molecule has 0 aromatic carbocycles. The quantitative estimate of drug-likeness (QED) is 0.512. The van der Waals surface area contributed by atoms with E-state index in [1.807, 2.05) is 0 Å². The van der Waals surface area contributed by atoms with Crippen LogP contribution in [0, 0.1) is 0 Å². The summed E-state index contributed by atoms with van der Waals surface area (Å²) in [4.78, 5) is 22.2. The Morgan fingerprint density at radius 1 is 0.393 bits per heavy atom. The van der Waals surface area contributed by atoms with Crippen LogP contribution >= 0.6 is 0 Å². The van der Waals surface area contributed by atoms with Gasteiger partial charge in [0.25, 0.3) is 0 Å². The molecule has 164 valence electrons. The third kappa shape index (κ3) is 2.25. The zero-order valence-corrected chi connectivity index (χ0v) is 11.9. The molecule has 1 aliphatic rings. The Bertz CT molecular complexity index is 582. The number of halogens is 16. The third-order valence-electron chi connectivity index (χ3n) is 3.76. The van der Waals surface area contributed by atoms with Crippen molar-refractivity contribution in [3.63, 3.8) is 0 Å². The Morgan fingerprint density at radius 3 is 0.571 bits per heavy atom. The van der Waals surface area contributed by atoms with E-state index in [2.05, 4.69) is 0 Å². The van der Waals surface area contributed by atoms with Crippen molar-refractivity contribution in [2.24, 2.45) is 0 Å². The molecule has 4 unspecified atom stereocenters. The molecule has 1 saturated carbocycles. The van der Waals surface area contributed by atoms with E-state index in [-0.39, 0.29) is 0 Å². The van der Waals surface area contributed by atoms with E-state index in [0.29, 0.717) is 0 Å². The second-order valence-corrected chi connectivity index (χ2v) is 5.28. The van der Waals surface area contributed by atoms with Gasteiger partial charge in [0.15, 0.2) is 0 Å². The molecule has 0 heterocycles. The zero-order chi connectivity index (χ0) is 23.2. The number of alkyl halides is 16. The lowest BCUT2D eigenvalue weighted by atomic mass is 9.58. The number of rotatable bonds is 0. The van der Waals surface area contributed by atoms with E-state index in [1.165, 1.54) is 0 Å². The third-order valence-corrected chi connectivity index (χ3v) is 3.76. The number of carbonyl (C=O) groups excluding carboxylic acids is 2. The average Bonchev–Trinajstić information content (AvgIpc) is 2.44. The molecule has 0 saturated heterocycles. The van der Waals surface area contributed by atoms with Gasteiger partial charge in [0.2, 0.25) is 11.6 Å². The lowest BCUT2D eigenvalue weighted by Gasteiger charge is -2.51. The molecule has 28 heavy (non-hydrogen) atoms. The molecule has 2 nitrogen and oxygen atoms in total. The SMILES string of the molecule is O=C1C(F)(C(F)(F)F)C(F)(C(F)(F)F)C(=O)C(F)(C(F)(F)F)C1(F)C(F)(F)F. The molecular formula is C10F16O2. The summed E-state index contributed by atoms with van der Waals surface area (Å²) < 4.78 is 207. The molecule has 0 radical (unpaired) electrons. The normalized spacial score (nSPS) is 38.7. The Kier molecular flexibility index (Phi) is 4.70. The predicted molar refractivity (Wildman–Crippen MR) is 49.6 cm³/mol. The first kappa shape index (κ1) is 24.3. The highest BCUT2D eigenvalue weighted by atomic mass is 19.4. The summed E-state index contributed by atoms with van der Waals surface area (Å²) in [6, 6.07) is 0. The van der Waals surface area contributed by atoms with E-state index in [4.69, 9.17) is 0 Å². The van der Waals surface area contributed by atoms with Crippen LogP contribution in [0.4, 0.5) is 70.2 Å². The maximum absolute atomic E-state index is 14.0. The van der Waals surface area contributed by atoms with Gasteiger partial charge in [-0.05, 0) is 0 Å². The largest absolute Gasteiger partial charge is 0.434 e. The molecule has 1 aliphatic carbocycles. The first-order chi connectivity index (χ1) is 11.8. The van der Waals surface area contributed by atoms with Crippen molar-refractivity contribution >= 4 is 11.6 Å². The van der Waals surface area contributed by atoms with Gasteiger partial charge in [-0.3, -0.25) is 9.59 Å². The lowest BCUT2D eigenvalue weighted by molar-refractivity contribution is -0.370. The summed E-state index contributed by atoms with van der Waals surface area (Å²) >= 11 is 0. The Labute approximate surface area is 140 Å². The van der Waals surface area contributed by atoms with Gasteiger partial charge in [-0.2, -0.15) is 52.7 Å². The van der Waals surface area contributed by atoms with Gasteiger partial charge in [-0.15, -0.1) is 0 Å². The molecule has 0 amide bonds. The van der Waals surface area contributed by atoms with Crippen LogP contribution in [0.25, 0.3) is 0 Å². The van der Waals surface area contributed by atoms with Crippen LogP contribution in [-0.2, 0) is 9.59 Å². The highest BCUT2D eigenvalue weighted by molar-refractivity contribution is 6.16. The van der Waals surface area contributed by atoms with Crippen LogP contribution in [0.15, 0.2) is 0 Å². The van der Waals surface area contributed by atoms with Crippen LogP contribution in [-0.4, -0.2) is 58.9 Å². The van der Waals surface area contributed by atoms with E-state index in [0.717, 1.165) is 0 Å². The molecule has 0 N–H and O–H groups in total. The lowest BCUT2D eigenvalue weighted by Crippen LogP contribution is -2.89. The minimum atomic E-state index is -7.92. The molecule has 1 rings (SSSR count). The van der Waals surface area contributed by atoms with Gasteiger partial charge in [-0.1, -0.05) is 0 Å². The summed E-state index contributed by atoms with van der Waals surface area (Å²) in [5.74, 6) is -11.1. The van der Waals surface area contributed by atoms with Gasteiger partial charge in [0.05, 0.1) is 0 Å². The van der Waals surface area contributed by atoms with Gasteiger partial charge >= 0.3 is 47.4 Å².